The van der Waals surface area contributed by atoms with Crippen LogP contribution in [0.1, 0.15) is 80.6 Å². The zero-order valence-corrected chi connectivity index (χ0v) is 16.9. The lowest BCUT2D eigenvalue weighted by atomic mass is 9.94. The van der Waals surface area contributed by atoms with Crippen LogP contribution >= 0.6 is 0 Å². The molecule has 29 heavy (non-hydrogen) atoms. The Balaban J connectivity index is 1.70. The van der Waals surface area contributed by atoms with Gasteiger partial charge in [0.1, 0.15) is 0 Å². The normalized spacial score (nSPS) is 19.0. The van der Waals surface area contributed by atoms with E-state index in [1.165, 1.54) is 70.0 Å². The van der Waals surface area contributed by atoms with E-state index in [-0.39, 0.29) is 0 Å². The minimum atomic E-state index is -0.867. The van der Waals surface area contributed by atoms with Crippen LogP contribution in [0.15, 0.2) is 36.8 Å². The highest BCUT2D eigenvalue weighted by atomic mass is 16.4. The summed E-state index contributed by atoms with van der Waals surface area (Å²) in [4.78, 5) is 11.8. The molecule has 0 atom stereocenters. The van der Waals surface area contributed by atoms with Crippen LogP contribution in [-0.4, -0.2) is 21.5 Å². The largest absolute Gasteiger partial charge is 0.478 e. The van der Waals surface area contributed by atoms with E-state index in [0.717, 1.165) is 16.3 Å². The number of carboxylic acid groups (broad SMARTS) is 1. The second-order valence-electron chi connectivity index (χ2n) is 8.79. The number of carboxylic acids is 1. The first kappa shape index (κ1) is 18.5. The lowest BCUT2D eigenvalue weighted by molar-refractivity contribution is -0.711. The first-order valence-electron chi connectivity index (χ1n) is 11.2. The van der Waals surface area contributed by atoms with Crippen molar-refractivity contribution in [3.8, 4) is 0 Å². The average Bonchev–Trinajstić information content (AvgIpc) is 3.13. The van der Waals surface area contributed by atoms with Crippen LogP contribution in [0.4, 0.5) is 5.82 Å². The average molecular weight is 393 g/mol. The minimum Gasteiger partial charge on any atom is -0.478 e. The first-order chi connectivity index (χ1) is 14.2. The first-order valence-corrected chi connectivity index (χ1v) is 11.2. The Kier molecular flexibility index (Phi) is 4.90. The summed E-state index contributed by atoms with van der Waals surface area (Å²) in [6.07, 6.45) is 16.9. The van der Waals surface area contributed by atoms with Gasteiger partial charge < -0.3 is 5.11 Å². The molecule has 2 aliphatic rings. The van der Waals surface area contributed by atoms with Gasteiger partial charge in [-0.05, 0) is 50.7 Å². The Hall–Kier alpha value is -2.56. The van der Waals surface area contributed by atoms with E-state index in [2.05, 4.69) is 26.7 Å². The molecule has 1 aromatic carbocycles. The van der Waals surface area contributed by atoms with Gasteiger partial charge in [-0.1, -0.05) is 37.8 Å². The van der Waals surface area contributed by atoms with E-state index in [9.17, 15) is 9.90 Å². The van der Waals surface area contributed by atoms with Crippen molar-refractivity contribution in [1.29, 1.82) is 0 Å². The van der Waals surface area contributed by atoms with Gasteiger partial charge in [0.15, 0.2) is 11.8 Å². The fourth-order valence-electron chi connectivity index (χ4n) is 5.39. The summed E-state index contributed by atoms with van der Waals surface area (Å²) in [5.41, 5.74) is 1.49. The van der Waals surface area contributed by atoms with Crippen molar-refractivity contribution in [1.82, 2.24) is 4.40 Å². The van der Waals surface area contributed by atoms with Gasteiger partial charge in [0.25, 0.3) is 5.82 Å². The molecule has 0 aliphatic heterocycles. The fraction of sp³-hybridized carbons (Fsp3) is 0.500. The predicted molar refractivity (Wildman–Crippen MR) is 115 cm³/mol. The molecule has 0 radical (unpaired) electrons. The zero-order valence-electron chi connectivity index (χ0n) is 16.9. The highest BCUT2D eigenvalue weighted by Crippen LogP contribution is 2.32. The van der Waals surface area contributed by atoms with Gasteiger partial charge in [-0.3, -0.25) is 5.32 Å². The van der Waals surface area contributed by atoms with E-state index in [1.54, 1.807) is 6.07 Å². The van der Waals surface area contributed by atoms with Crippen LogP contribution in [0.25, 0.3) is 16.3 Å². The van der Waals surface area contributed by atoms with Crippen LogP contribution in [0.3, 0.4) is 0 Å². The predicted octanol–water partition coefficient (Wildman–Crippen LogP) is 5.33. The van der Waals surface area contributed by atoms with Gasteiger partial charge in [-0.25, -0.2) is 13.8 Å². The maximum Gasteiger partial charge on any atom is 0.336 e. The molecule has 0 spiro atoms. The van der Waals surface area contributed by atoms with E-state index in [0.29, 0.717) is 17.6 Å². The molecular formula is C24H30N3O2+. The molecule has 0 amide bonds. The van der Waals surface area contributed by atoms with Crippen molar-refractivity contribution in [2.24, 2.45) is 0 Å². The molecule has 0 unspecified atom stereocenters. The molecule has 5 rings (SSSR count). The standard InChI is InChI=1S/C24H29N3O2/c28-24(29)21-13-7-12-20-19(21)14-15-26-16-27(18-10-5-2-6-11-18)23(22(20)26)25-17-8-3-1-4-9-17/h7,12-18,25H,1-6,8-11H2/p+1. The molecule has 5 nitrogen and oxygen atoms in total. The van der Waals surface area contributed by atoms with Gasteiger partial charge in [0.05, 0.1) is 23.8 Å². The van der Waals surface area contributed by atoms with Crippen LogP contribution in [0.5, 0.6) is 0 Å². The monoisotopic (exact) mass is 392 g/mol. The topological polar surface area (TPSA) is 57.6 Å². The molecule has 2 saturated carbocycles. The number of aromatic nitrogens is 2. The molecule has 0 saturated heterocycles. The number of fused-ring (bicyclic) bond motifs is 3. The van der Waals surface area contributed by atoms with E-state index in [1.807, 2.05) is 18.3 Å². The van der Waals surface area contributed by atoms with Crippen molar-refractivity contribution >= 4 is 28.1 Å². The lowest BCUT2D eigenvalue weighted by Crippen LogP contribution is -2.43. The van der Waals surface area contributed by atoms with Gasteiger partial charge in [0, 0.05) is 10.8 Å². The summed E-state index contributed by atoms with van der Waals surface area (Å²) in [6, 6.07) is 8.60. The summed E-state index contributed by atoms with van der Waals surface area (Å²) in [5.74, 6) is 0.311. The van der Waals surface area contributed by atoms with Crippen molar-refractivity contribution in [2.45, 2.75) is 76.3 Å². The Labute approximate surface area is 171 Å². The number of rotatable bonds is 4. The smallest absolute Gasteiger partial charge is 0.336 e. The lowest BCUT2D eigenvalue weighted by Gasteiger charge is -2.24. The molecule has 2 heterocycles. The molecule has 2 fully saturated rings. The summed E-state index contributed by atoms with van der Waals surface area (Å²) in [6.45, 7) is 0. The Bertz CT molecular complexity index is 1040. The fourth-order valence-corrected chi connectivity index (χ4v) is 5.39. The molecule has 5 heteroatoms. The summed E-state index contributed by atoms with van der Waals surface area (Å²) in [7, 11) is 0. The molecule has 2 N–H and O–H groups in total. The molecule has 2 aromatic heterocycles. The van der Waals surface area contributed by atoms with Crippen molar-refractivity contribution in [3.05, 3.63) is 42.4 Å². The number of aromatic carboxylic acids is 1. The number of anilines is 1. The molecule has 3 aromatic rings. The summed E-state index contributed by atoms with van der Waals surface area (Å²) in [5, 5.41) is 15.4. The van der Waals surface area contributed by atoms with Crippen molar-refractivity contribution in [2.75, 3.05) is 5.32 Å². The number of nitrogens with one attached hydrogen (secondary N) is 1. The number of carbonyl (C=O) groups is 1. The van der Waals surface area contributed by atoms with Gasteiger partial charge >= 0.3 is 5.97 Å². The van der Waals surface area contributed by atoms with Crippen molar-refractivity contribution in [3.63, 3.8) is 0 Å². The Morgan fingerprint density at radius 1 is 0.966 bits per heavy atom. The van der Waals surface area contributed by atoms with Crippen LogP contribution < -0.4 is 9.88 Å². The van der Waals surface area contributed by atoms with E-state index >= 15 is 0 Å². The van der Waals surface area contributed by atoms with Crippen LogP contribution in [0, 0.1) is 0 Å². The molecule has 0 bridgehead atoms. The van der Waals surface area contributed by atoms with Crippen molar-refractivity contribution < 1.29 is 14.5 Å². The summed E-state index contributed by atoms with van der Waals surface area (Å²) < 4.78 is 4.64. The third kappa shape index (κ3) is 3.37. The number of imidazole rings is 1. The second kappa shape index (κ2) is 7.69. The number of pyridine rings is 1. The second-order valence-corrected chi connectivity index (χ2v) is 8.79. The van der Waals surface area contributed by atoms with Gasteiger partial charge in [0.2, 0.25) is 0 Å². The third-order valence-electron chi connectivity index (χ3n) is 6.90. The highest BCUT2D eigenvalue weighted by Gasteiger charge is 2.29. The number of benzene rings is 1. The third-order valence-corrected chi connectivity index (χ3v) is 6.90. The summed E-state index contributed by atoms with van der Waals surface area (Å²) >= 11 is 0. The number of hydrogen-bond acceptors (Lipinski definition) is 2. The van der Waals surface area contributed by atoms with Crippen LogP contribution in [0.2, 0.25) is 0 Å². The molecule has 152 valence electrons. The van der Waals surface area contributed by atoms with Gasteiger partial charge in [-0.15, -0.1) is 0 Å². The van der Waals surface area contributed by atoms with E-state index in [4.69, 9.17) is 0 Å². The number of hydrogen-bond donors (Lipinski definition) is 2. The zero-order chi connectivity index (χ0) is 19.8. The highest BCUT2D eigenvalue weighted by molar-refractivity contribution is 6.09. The maximum absolute atomic E-state index is 11.8. The Morgan fingerprint density at radius 3 is 2.41 bits per heavy atom. The van der Waals surface area contributed by atoms with Gasteiger partial charge in [-0.2, -0.15) is 0 Å². The van der Waals surface area contributed by atoms with E-state index < -0.39 is 5.97 Å². The quantitative estimate of drug-likeness (QED) is 0.590. The Morgan fingerprint density at radius 2 is 1.69 bits per heavy atom. The number of nitrogens with zero attached hydrogens (tertiary/aromatic N) is 2. The maximum atomic E-state index is 11.8. The molecular weight excluding hydrogens is 362 g/mol. The SMILES string of the molecule is O=C(O)c1cccc2c1ccn1c[n+](C3CCCCC3)c(NC3CCCCC3)c21. The molecule has 2 aliphatic carbocycles. The van der Waals surface area contributed by atoms with Crippen LogP contribution in [-0.2, 0) is 0 Å². The minimum absolute atomic E-state index is 0.374.